The van der Waals surface area contributed by atoms with Gasteiger partial charge in [-0.05, 0) is 33.3 Å². The van der Waals surface area contributed by atoms with E-state index in [9.17, 15) is 13.2 Å². The summed E-state index contributed by atoms with van der Waals surface area (Å²) in [7, 11) is -2.89. The molecule has 0 aromatic heterocycles. The Hall–Kier alpha value is -0.900. The van der Waals surface area contributed by atoms with E-state index in [1.165, 1.54) is 0 Å². The average Bonchev–Trinajstić information content (AvgIpc) is 2.36. The van der Waals surface area contributed by atoms with E-state index in [1.807, 2.05) is 26.8 Å². The van der Waals surface area contributed by atoms with Gasteiger partial charge in [0.2, 0.25) is 0 Å². The lowest BCUT2D eigenvalue weighted by Gasteiger charge is -1.96. The Morgan fingerprint density at radius 1 is 1.06 bits per heavy atom. The van der Waals surface area contributed by atoms with Crippen LogP contribution in [0.25, 0.3) is 0 Å². The van der Waals surface area contributed by atoms with Crippen LogP contribution in [-0.2, 0) is 14.6 Å². The van der Waals surface area contributed by atoms with Crippen molar-refractivity contribution in [1.29, 1.82) is 0 Å². The van der Waals surface area contributed by atoms with Gasteiger partial charge in [-0.15, -0.1) is 0 Å². The van der Waals surface area contributed by atoms with Gasteiger partial charge in [0.25, 0.3) is 0 Å². The third-order valence-corrected chi connectivity index (χ3v) is 4.45. The Kier molecular flexibility index (Phi) is 9.95. The molecule has 0 aliphatic carbocycles. The largest absolute Gasteiger partial charge is 0.295 e. The summed E-state index contributed by atoms with van der Waals surface area (Å²) in [4.78, 5) is 11.1. The molecular formula is C13H24O3S. The maximum absolute atomic E-state index is 10.9. The molecule has 3 nitrogen and oxygen atoms in total. The lowest BCUT2D eigenvalue weighted by molar-refractivity contribution is -0.115. The summed E-state index contributed by atoms with van der Waals surface area (Å²) in [6.07, 6.45) is 4.07. The molecule has 0 atom stereocenters. The number of allylic oxidation sites excluding steroid dienone is 4. The molecule has 0 saturated carbocycles. The minimum Gasteiger partial charge on any atom is -0.295 e. The van der Waals surface area contributed by atoms with E-state index in [4.69, 9.17) is 0 Å². The normalized spacial score (nSPS) is 12.8. The maximum atomic E-state index is 10.9. The SMILES string of the molecule is CC=C(C)C(=O)CC.CC=C(C)S(=O)(=O)CC. The molecule has 0 N–H and O–H groups in total. The molecule has 0 radical (unpaired) electrons. The third-order valence-electron chi connectivity index (χ3n) is 2.47. The fourth-order valence-corrected chi connectivity index (χ4v) is 1.66. The first kappa shape index (κ1) is 18.5. The molecule has 0 heterocycles. The van der Waals surface area contributed by atoms with Crippen LogP contribution in [0.2, 0.25) is 0 Å². The second-order valence-corrected chi connectivity index (χ2v) is 6.00. The van der Waals surface area contributed by atoms with Crippen molar-refractivity contribution in [1.82, 2.24) is 0 Å². The van der Waals surface area contributed by atoms with Crippen LogP contribution in [0.15, 0.2) is 22.6 Å². The van der Waals surface area contributed by atoms with Gasteiger partial charge in [-0.1, -0.05) is 26.0 Å². The van der Waals surface area contributed by atoms with Crippen LogP contribution in [0.4, 0.5) is 0 Å². The van der Waals surface area contributed by atoms with E-state index < -0.39 is 9.84 Å². The summed E-state index contributed by atoms with van der Waals surface area (Å²) in [5.41, 5.74) is 0.868. The van der Waals surface area contributed by atoms with Crippen LogP contribution in [-0.4, -0.2) is 20.0 Å². The van der Waals surface area contributed by atoms with E-state index in [0.717, 1.165) is 5.57 Å². The van der Waals surface area contributed by atoms with Crippen molar-refractivity contribution in [2.24, 2.45) is 0 Å². The van der Waals surface area contributed by atoms with Crippen LogP contribution in [0.5, 0.6) is 0 Å². The number of sulfone groups is 1. The van der Waals surface area contributed by atoms with Gasteiger partial charge in [0, 0.05) is 11.3 Å². The molecule has 100 valence electrons. The predicted octanol–water partition coefficient (Wildman–Crippen LogP) is 3.28. The zero-order chi connectivity index (χ0) is 14.1. The summed E-state index contributed by atoms with van der Waals surface area (Å²) in [6.45, 7) is 10.6. The summed E-state index contributed by atoms with van der Waals surface area (Å²) >= 11 is 0. The fraction of sp³-hybridized carbons (Fsp3) is 0.615. The van der Waals surface area contributed by atoms with Gasteiger partial charge >= 0.3 is 0 Å². The number of carbonyl (C=O) groups is 1. The molecule has 0 spiro atoms. The first-order chi connectivity index (χ1) is 7.76. The standard InChI is InChI=1S/C7H12O.C6H12O2S/c1-4-6(3)7(8)5-2;1-4-6(3)9(7,8)5-2/h4H,5H2,1-3H3;4H,5H2,1-3H3. The van der Waals surface area contributed by atoms with Crippen molar-refractivity contribution in [3.8, 4) is 0 Å². The monoisotopic (exact) mass is 260 g/mol. The van der Waals surface area contributed by atoms with Crippen LogP contribution in [0.1, 0.15) is 48.0 Å². The Bertz CT molecular complexity index is 387. The second-order valence-electron chi connectivity index (χ2n) is 3.55. The molecule has 0 rings (SSSR count). The first-order valence-electron chi connectivity index (χ1n) is 5.78. The fourth-order valence-electron chi connectivity index (χ4n) is 0.847. The average molecular weight is 260 g/mol. The lowest BCUT2D eigenvalue weighted by Crippen LogP contribution is -2.03. The van der Waals surface area contributed by atoms with Gasteiger partial charge in [-0.3, -0.25) is 4.79 Å². The van der Waals surface area contributed by atoms with E-state index in [-0.39, 0.29) is 11.5 Å². The lowest BCUT2D eigenvalue weighted by atomic mass is 10.1. The molecule has 0 aliphatic rings. The molecule has 0 aromatic carbocycles. The van der Waals surface area contributed by atoms with Crippen molar-refractivity contribution in [2.45, 2.75) is 48.0 Å². The minimum absolute atomic E-state index is 0.198. The molecule has 0 bridgehead atoms. The zero-order valence-electron chi connectivity index (χ0n) is 11.7. The van der Waals surface area contributed by atoms with Gasteiger partial charge in [0.05, 0.1) is 5.75 Å². The highest BCUT2D eigenvalue weighted by Crippen LogP contribution is 2.04. The highest BCUT2D eigenvalue weighted by Gasteiger charge is 2.07. The molecule has 0 unspecified atom stereocenters. The molecule has 4 heteroatoms. The number of hydrogen-bond acceptors (Lipinski definition) is 3. The van der Waals surface area contributed by atoms with Gasteiger partial charge in [0.1, 0.15) is 0 Å². The Morgan fingerprint density at radius 2 is 1.53 bits per heavy atom. The number of ketones is 1. The van der Waals surface area contributed by atoms with Gasteiger partial charge in [-0.25, -0.2) is 8.42 Å². The van der Waals surface area contributed by atoms with Crippen LogP contribution in [0.3, 0.4) is 0 Å². The first-order valence-corrected chi connectivity index (χ1v) is 7.43. The Balaban J connectivity index is 0. The molecule has 0 aromatic rings. The van der Waals surface area contributed by atoms with Crippen molar-refractivity contribution in [3.05, 3.63) is 22.6 Å². The number of rotatable bonds is 4. The third kappa shape index (κ3) is 7.91. The predicted molar refractivity (Wildman–Crippen MR) is 73.6 cm³/mol. The van der Waals surface area contributed by atoms with E-state index in [1.54, 1.807) is 26.8 Å². The van der Waals surface area contributed by atoms with E-state index in [0.29, 0.717) is 11.3 Å². The van der Waals surface area contributed by atoms with Crippen molar-refractivity contribution in [2.75, 3.05) is 5.75 Å². The molecule has 0 saturated heterocycles. The van der Waals surface area contributed by atoms with Crippen LogP contribution in [0, 0.1) is 0 Å². The summed E-state index contributed by atoms with van der Waals surface area (Å²) in [6, 6.07) is 0. The van der Waals surface area contributed by atoms with Crippen LogP contribution < -0.4 is 0 Å². The summed E-state index contributed by atoms with van der Waals surface area (Å²) in [5.74, 6) is 0.441. The zero-order valence-corrected chi connectivity index (χ0v) is 12.5. The van der Waals surface area contributed by atoms with Gasteiger partial charge in [-0.2, -0.15) is 0 Å². The van der Waals surface area contributed by atoms with E-state index >= 15 is 0 Å². The highest BCUT2D eigenvalue weighted by atomic mass is 32.2. The van der Waals surface area contributed by atoms with Gasteiger partial charge < -0.3 is 0 Å². The second kappa shape index (κ2) is 9.16. The number of carbonyl (C=O) groups excluding carboxylic acids is 1. The molecular weight excluding hydrogens is 236 g/mol. The van der Waals surface area contributed by atoms with Crippen molar-refractivity contribution in [3.63, 3.8) is 0 Å². The number of hydrogen-bond donors (Lipinski definition) is 0. The molecule has 0 amide bonds. The summed E-state index contributed by atoms with van der Waals surface area (Å²) in [5, 5.41) is 0. The Morgan fingerprint density at radius 3 is 1.65 bits per heavy atom. The highest BCUT2D eigenvalue weighted by molar-refractivity contribution is 7.95. The number of Topliss-reactive ketones (excluding diaryl/α,β-unsaturated/α-hetero) is 1. The van der Waals surface area contributed by atoms with Gasteiger partial charge in [0.15, 0.2) is 15.6 Å². The maximum Gasteiger partial charge on any atom is 0.173 e. The van der Waals surface area contributed by atoms with Crippen molar-refractivity contribution >= 4 is 15.6 Å². The summed E-state index contributed by atoms with van der Waals surface area (Å²) < 4.78 is 21.7. The smallest absolute Gasteiger partial charge is 0.173 e. The molecule has 0 fully saturated rings. The van der Waals surface area contributed by atoms with Crippen LogP contribution >= 0.6 is 0 Å². The molecule has 17 heavy (non-hydrogen) atoms. The minimum atomic E-state index is -2.89. The van der Waals surface area contributed by atoms with Crippen molar-refractivity contribution < 1.29 is 13.2 Å². The topological polar surface area (TPSA) is 51.2 Å². The molecule has 0 aliphatic heterocycles. The van der Waals surface area contributed by atoms with E-state index in [2.05, 4.69) is 0 Å². The quantitative estimate of drug-likeness (QED) is 0.729. The Labute approximate surface area is 106 Å².